The minimum Gasteiger partial charge on any atom is -0.476 e. The lowest BCUT2D eigenvalue weighted by Crippen LogP contribution is -2.06. The Morgan fingerprint density at radius 2 is 0.985 bits per heavy atom. The van der Waals surface area contributed by atoms with Gasteiger partial charge in [0.2, 0.25) is 0 Å². The molecule has 0 saturated carbocycles. The van der Waals surface area contributed by atoms with Crippen LogP contribution in [0.1, 0.15) is 158 Å². The number of carboxylic acid groups (broad SMARTS) is 2. The van der Waals surface area contributed by atoms with E-state index >= 15 is 0 Å². The van der Waals surface area contributed by atoms with Crippen LogP contribution in [0.25, 0.3) is 22.3 Å². The van der Waals surface area contributed by atoms with Gasteiger partial charge in [0.1, 0.15) is 0 Å². The van der Waals surface area contributed by atoms with E-state index in [0.29, 0.717) is 40.7 Å². The van der Waals surface area contributed by atoms with Gasteiger partial charge in [0.25, 0.3) is 0 Å². The third kappa shape index (κ3) is 14.0. The number of allylic oxidation sites excluding steroid dienone is 3. The van der Waals surface area contributed by atoms with Gasteiger partial charge >= 0.3 is 11.9 Å². The van der Waals surface area contributed by atoms with Crippen molar-refractivity contribution in [2.45, 2.75) is 115 Å². The summed E-state index contributed by atoms with van der Waals surface area (Å²) in [4.78, 5) is 31.7. The van der Waals surface area contributed by atoms with E-state index in [1.165, 1.54) is 34.6 Å². The number of hydrogen-bond donors (Lipinski definition) is 2. The maximum Gasteiger partial charge on any atom is 0.355 e. The maximum absolute atomic E-state index is 11.8. The lowest BCUT2D eigenvalue weighted by Gasteiger charge is -2.22. The number of benzene rings is 4. The van der Waals surface area contributed by atoms with Crippen LogP contribution < -0.4 is 0 Å². The molecule has 0 aliphatic carbocycles. The van der Waals surface area contributed by atoms with Crippen LogP contribution in [-0.2, 0) is 0 Å². The number of carbonyl (C=O) groups is 2. The number of hydrogen-bond acceptors (Lipinski definition) is 4. The van der Waals surface area contributed by atoms with Crippen molar-refractivity contribution in [1.29, 1.82) is 0 Å². The molecular formula is C59H66N2O4. The quantitative estimate of drug-likeness (QED) is 0.0416. The third-order valence-electron chi connectivity index (χ3n) is 13.4. The molecule has 5 unspecified atom stereocenters. The van der Waals surface area contributed by atoms with Crippen molar-refractivity contribution in [2.75, 3.05) is 0 Å². The van der Waals surface area contributed by atoms with Crippen molar-refractivity contribution >= 4 is 11.9 Å². The van der Waals surface area contributed by atoms with E-state index in [4.69, 9.17) is 0 Å². The van der Waals surface area contributed by atoms with Gasteiger partial charge in [-0.2, -0.15) is 0 Å². The average Bonchev–Trinajstić information content (AvgIpc) is 3.35. The molecule has 336 valence electrons. The van der Waals surface area contributed by atoms with Crippen LogP contribution in [0.2, 0.25) is 0 Å². The summed E-state index contributed by atoms with van der Waals surface area (Å²) in [7, 11) is 0. The van der Waals surface area contributed by atoms with Crippen LogP contribution in [0, 0.1) is 5.92 Å². The number of unbranched alkanes of at least 4 members (excludes halogenated alkanes) is 1. The molecule has 0 radical (unpaired) electrons. The molecule has 5 atom stereocenters. The van der Waals surface area contributed by atoms with Gasteiger partial charge in [-0.15, -0.1) is 6.58 Å². The lowest BCUT2D eigenvalue weighted by molar-refractivity contribution is 0.0680. The molecule has 0 aliphatic rings. The fourth-order valence-corrected chi connectivity index (χ4v) is 9.40. The molecule has 0 spiro atoms. The predicted octanol–water partition coefficient (Wildman–Crippen LogP) is 15.7. The Morgan fingerprint density at radius 3 is 1.51 bits per heavy atom. The summed E-state index contributed by atoms with van der Waals surface area (Å²) >= 11 is 0. The summed E-state index contributed by atoms with van der Waals surface area (Å²) in [5, 5.41) is 19.3. The minimum atomic E-state index is -1.02. The Labute approximate surface area is 387 Å². The highest BCUT2D eigenvalue weighted by atomic mass is 16.4. The standard InChI is InChI=1S/C59H66N2O4/c1-4-44(28-30-51(48-22-15-10-16-23-48)29-27-43(3)46-32-37-52(38-33-46)54-25-17-41-60-56(54)58(62)63)19-11-7-6-8-12-24-49(47-20-13-9-14-21-47)34-31-45(5-2)50-35-39-53(40-36-50)55-26-18-42-61-57(55)59(64)65/h4,6,8-10,13-18,20-23,25-26,32-33,35-45,49,51H,1,5,7,11-12,19,24,27-31,34H2,2-3H3,(H,62,63)(H,64,65)/b8-6+. The van der Waals surface area contributed by atoms with E-state index in [9.17, 15) is 19.8 Å². The highest BCUT2D eigenvalue weighted by molar-refractivity contribution is 5.94. The molecule has 6 aromatic rings. The van der Waals surface area contributed by atoms with Gasteiger partial charge in [-0.3, -0.25) is 0 Å². The zero-order valence-corrected chi connectivity index (χ0v) is 38.3. The molecule has 6 heteroatoms. The van der Waals surface area contributed by atoms with E-state index in [-0.39, 0.29) is 11.4 Å². The monoisotopic (exact) mass is 867 g/mol. The third-order valence-corrected chi connectivity index (χ3v) is 13.4. The van der Waals surface area contributed by atoms with Crippen LogP contribution in [-0.4, -0.2) is 32.1 Å². The molecule has 6 rings (SSSR count). The van der Waals surface area contributed by atoms with E-state index in [0.717, 1.165) is 88.2 Å². The number of rotatable bonds is 26. The molecule has 2 N–H and O–H groups in total. The molecule has 0 fully saturated rings. The van der Waals surface area contributed by atoms with Crippen LogP contribution >= 0.6 is 0 Å². The molecule has 2 aromatic heterocycles. The fraction of sp³-hybridized carbons (Fsp3) is 0.322. The number of carboxylic acids is 2. The Kier molecular flexibility index (Phi) is 18.6. The molecule has 2 heterocycles. The van der Waals surface area contributed by atoms with E-state index in [1.807, 2.05) is 36.4 Å². The molecule has 65 heavy (non-hydrogen) atoms. The summed E-state index contributed by atoms with van der Waals surface area (Å²) in [6.07, 6.45) is 23.3. The minimum absolute atomic E-state index is 0.0782. The van der Waals surface area contributed by atoms with Gasteiger partial charge in [-0.1, -0.05) is 153 Å². The SMILES string of the molecule is C=CC(CCC/C=C/CCC(CCC(CC)c1ccc(-c2cccnc2C(=O)O)cc1)c1ccccc1)CCC(CCC(C)c1ccc(-c2cccnc2C(=O)O)cc1)c1ccccc1. The van der Waals surface area contributed by atoms with E-state index < -0.39 is 11.9 Å². The summed E-state index contributed by atoms with van der Waals surface area (Å²) in [6, 6.07) is 45.9. The zero-order chi connectivity index (χ0) is 45.8. The Bertz CT molecular complexity index is 2410. The molecule has 0 bridgehead atoms. The molecule has 0 aliphatic heterocycles. The molecular weight excluding hydrogens is 801 g/mol. The smallest absolute Gasteiger partial charge is 0.355 e. The van der Waals surface area contributed by atoms with E-state index in [1.54, 1.807) is 12.1 Å². The summed E-state index contributed by atoms with van der Waals surface area (Å²) in [5.74, 6) is 0.237. The number of aromatic nitrogens is 2. The Hall–Kier alpha value is -6.40. The number of nitrogens with zero attached hydrogens (tertiary/aromatic N) is 2. The van der Waals surface area contributed by atoms with Crippen molar-refractivity contribution in [2.24, 2.45) is 5.92 Å². The van der Waals surface area contributed by atoms with Gasteiger partial charge in [0.15, 0.2) is 11.4 Å². The summed E-state index contributed by atoms with van der Waals surface area (Å²) < 4.78 is 0. The predicted molar refractivity (Wildman–Crippen MR) is 267 cm³/mol. The first-order chi connectivity index (χ1) is 31.7. The first-order valence-corrected chi connectivity index (χ1v) is 23.7. The maximum atomic E-state index is 11.8. The van der Waals surface area contributed by atoms with Gasteiger partial charge < -0.3 is 10.2 Å². The molecule has 0 saturated heterocycles. The zero-order valence-electron chi connectivity index (χ0n) is 38.3. The Morgan fingerprint density at radius 1 is 0.523 bits per heavy atom. The van der Waals surface area contributed by atoms with Crippen LogP contribution in [0.4, 0.5) is 0 Å². The van der Waals surface area contributed by atoms with Gasteiger partial charge in [0, 0.05) is 23.5 Å². The second-order valence-corrected chi connectivity index (χ2v) is 17.6. The van der Waals surface area contributed by atoms with Crippen LogP contribution in [0.15, 0.2) is 171 Å². The van der Waals surface area contributed by atoms with Gasteiger partial charge in [0.05, 0.1) is 0 Å². The first-order valence-electron chi connectivity index (χ1n) is 23.7. The van der Waals surface area contributed by atoms with Crippen molar-refractivity contribution < 1.29 is 19.8 Å². The second kappa shape index (κ2) is 25.2. The summed E-state index contributed by atoms with van der Waals surface area (Å²) in [5.41, 5.74) is 8.57. The first kappa shape index (κ1) is 48.1. The summed E-state index contributed by atoms with van der Waals surface area (Å²) in [6.45, 7) is 8.81. The fourth-order valence-electron chi connectivity index (χ4n) is 9.40. The highest BCUT2D eigenvalue weighted by Gasteiger charge is 2.20. The second-order valence-electron chi connectivity index (χ2n) is 17.6. The van der Waals surface area contributed by atoms with E-state index in [2.05, 4.69) is 134 Å². The normalized spacial score (nSPS) is 13.8. The van der Waals surface area contributed by atoms with Crippen LogP contribution in [0.3, 0.4) is 0 Å². The van der Waals surface area contributed by atoms with Crippen molar-refractivity contribution in [1.82, 2.24) is 9.97 Å². The van der Waals surface area contributed by atoms with Crippen molar-refractivity contribution in [3.05, 3.63) is 204 Å². The largest absolute Gasteiger partial charge is 0.476 e. The van der Waals surface area contributed by atoms with Crippen molar-refractivity contribution in [3.63, 3.8) is 0 Å². The van der Waals surface area contributed by atoms with Gasteiger partial charge in [-0.25, -0.2) is 19.6 Å². The molecule has 4 aromatic carbocycles. The van der Waals surface area contributed by atoms with Gasteiger partial charge in [-0.05, 0) is 152 Å². The molecule has 0 amide bonds. The molecule has 6 nitrogen and oxygen atoms in total. The number of pyridine rings is 2. The highest BCUT2D eigenvalue weighted by Crippen LogP contribution is 2.36. The average molecular weight is 867 g/mol. The number of aromatic carboxylic acids is 2. The van der Waals surface area contributed by atoms with Crippen molar-refractivity contribution in [3.8, 4) is 22.3 Å². The lowest BCUT2D eigenvalue weighted by atomic mass is 9.83. The Balaban J connectivity index is 0.961. The van der Waals surface area contributed by atoms with Crippen LogP contribution in [0.5, 0.6) is 0 Å². The topological polar surface area (TPSA) is 100 Å².